The number of hydrogen-bond acceptors (Lipinski definition) is 5. The van der Waals surface area contributed by atoms with Gasteiger partial charge in [0.05, 0.1) is 16.6 Å². The summed E-state index contributed by atoms with van der Waals surface area (Å²) in [7, 11) is -3.83. The Morgan fingerprint density at radius 3 is 2.64 bits per heavy atom. The number of para-hydroxylation sites is 1. The van der Waals surface area contributed by atoms with E-state index in [2.05, 4.69) is 0 Å². The van der Waals surface area contributed by atoms with Crippen LogP contribution in [0.5, 0.6) is 0 Å². The fraction of sp³-hybridized carbons (Fsp3) is 0.400. The standard InChI is InChI=1S/C25H28N2O4S2/c1-17(24-15-19-7-3-6-10-23(19)31-24)27(20-8-4-5-9-20)33(29,30)21-11-12-25-22(16-21)26(18(2)28)13-14-32-25/h3,6-7,10-12,15-17,20H,4-5,8-9,13-14H2,1-2H3/t17-/m1/s1. The van der Waals surface area contributed by atoms with Crippen LogP contribution in [0.25, 0.3) is 11.0 Å². The molecule has 1 aliphatic carbocycles. The average Bonchev–Trinajstić information content (AvgIpc) is 3.48. The number of carbonyl (C=O) groups is 1. The molecule has 174 valence electrons. The minimum Gasteiger partial charge on any atom is -0.459 e. The van der Waals surface area contributed by atoms with Gasteiger partial charge in [0.15, 0.2) is 0 Å². The van der Waals surface area contributed by atoms with Crippen molar-refractivity contribution in [2.24, 2.45) is 0 Å². The Balaban J connectivity index is 1.58. The molecule has 1 atom stereocenters. The van der Waals surface area contributed by atoms with Gasteiger partial charge in [0.25, 0.3) is 0 Å². The van der Waals surface area contributed by atoms with Crippen molar-refractivity contribution < 1.29 is 17.6 Å². The number of anilines is 1. The molecule has 3 aromatic rings. The SMILES string of the molecule is CC(=O)N1CCSc2ccc(S(=O)(=O)N(C3CCCC3)[C@H](C)c3cc4ccccc4o3)cc21. The number of thioether (sulfide) groups is 1. The summed E-state index contributed by atoms with van der Waals surface area (Å²) < 4.78 is 35.9. The van der Waals surface area contributed by atoms with Gasteiger partial charge in [-0.3, -0.25) is 4.79 Å². The molecule has 2 heterocycles. The first kappa shape index (κ1) is 22.5. The molecule has 0 unspecified atom stereocenters. The van der Waals surface area contributed by atoms with Crippen LogP contribution in [0.15, 0.2) is 62.7 Å². The smallest absolute Gasteiger partial charge is 0.244 e. The lowest BCUT2D eigenvalue weighted by Crippen LogP contribution is -2.41. The lowest BCUT2D eigenvalue weighted by atomic mass is 10.1. The maximum Gasteiger partial charge on any atom is 0.244 e. The second-order valence-corrected chi connectivity index (χ2v) is 11.8. The first-order valence-electron chi connectivity index (χ1n) is 11.4. The molecule has 0 N–H and O–H groups in total. The number of fused-ring (bicyclic) bond motifs is 2. The summed E-state index contributed by atoms with van der Waals surface area (Å²) in [5, 5.41) is 0.964. The van der Waals surface area contributed by atoms with Crippen LogP contribution in [0.3, 0.4) is 0 Å². The van der Waals surface area contributed by atoms with Gasteiger partial charge in [0, 0.05) is 35.5 Å². The summed E-state index contributed by atoms with van der Waals surface area (Å²) >= 11 is 1.65. The number of amides is 1. The van der Waals surface area contributed by atoms with E-state index in [9.17, 15) is 13.2 Å². The zero-order valence-corrected chi connectivity index (χ0v) is 20.5. The van der Waals surface area contributed by atoms with E-state index in [1.165, 1.54) is 6.92 Å². The number of hydrogen-bond donors (Lipinski definition) is 0. The first-order valence-corrected chi connectivity index (χ1v) is 13.9. The van der Waals surface area contributed by atoms with E-state index in [1.54, 1.807) is 33.1 Å². The molecule has 33 heavy (non-hydrogen) atoms. The van der Waals surface area contributed by atoms with E-state index < -0.39 is 16.1 Å². The van der Waals surface area contributed by atoms with Crippen molar-refractivity contribution in [1.82, 2.24) is 4.31 Å². The van der Waals surface area contributed by atoms with Gasteiger partial charge in [-0.25, -0.2) is 8.42 Å². The Morgan fingerprint density at radius 2 is 1.91 bits per heavy atom. The lowest BCUT2D eigenvalue weighted by molar-refractivity contribution is -0.116. The van der Waals surface area contributed by atoms with Gasteiger partial charge < -0.3 is 9.32 Å². The molecule has 1 fully saturated rings. The third-order valence-corrected chi connectivity index (χ3v) is 9.73. The van der Waals surface area contributed by atoms with Crippen molar-refractivity contribution in [2.75, 3.05) is 17.2 Å². The van der Waals surface area contributed by atoms with Crippen molar-refractivity contribution >= 4 is 44.3 Å². The Morgan fingerprint density at radius 1 is 1.15 bits per heavy atom. The molecular weight excluding hydrogens is 456 g/mol. The molecule has 5 rings (SSSR count). The van der Waals surface area contributed by atoms with E-state index in [-0.39, 0.29) is 16.8 Å². The summed E-state index contributed by atoms with van der Waals surface area (Å²) in [4.78, 5) is 15.0. The highest BCUT2D eigenvalue weighted by Gasteiger charge is 2.39. The lowest BCUT2D eigenvalue weighted by Gasteiger charge is -2.33. The number of nitrogens with zero attached hydrogens (tertiary/aromatic N) is 2. The minimum atomic E-state index is -3.83. The normalized spacial score (nSPS) is 18.1. The van der Waals surface area contributed by atoms with Crippen LogP contribution in [0.2, 0.25) is 0 Å². The predicted molar refractivity (Wildman–Crippen MR) is 131 cm³/mol. The summed E-state index contributed by atoms with van der Waals surface area (Å²) in [6.07, 6.45) is 3.71. The van der Waals surface area contributed by atoms with E-state index in [0.29, 0.717) is 18.0 Å². The van der Waals surface area contributed by atoms with Gasteiger partial charge in [-0.1, -0.05) is 31.0 Å². The summed E-state index contributed by atoms with van der Waals surface area (Å²) in [6, 6.07) is 14.3. The number of benzene rings is 2. The maximum atomic E-state index is 14.1. The largest absolute Gasteiger partial charge is 0.459 e. The maximum absolute atomic E-state index is 14.1. The van der Waals surface area contributed by atoms with Gasteiger partial charge in [-0.15, -0.1) is 11.8 Å². The highest BCUT2D eigenvalue weighted by atomic mass is 32.2. The van der Waals surface area contributed by atoms with Crippen LogP contribution in [-0.4, -0.2) is 37.0 Å². The fourth-order valence-corrected chi connectivity index (χ4v) is 7.86. The molecule has 0 radical (unpaired) electrons. The van der Waals surface area contributed by atoms with Crippen LogP contribution in [0.1, 0.15) is 51.3 Å². The topological polar surface area (TPSA) is 70.8 Å². The number of furan rings is 1. The molecule has 0 spiro atoms. The highest BCUT2D eigenvalue weighted by molar-refractivity contribution is 7.99. The molecule has 1 amide bonds. The molecule has 8 heteroatoms. The summed E-state index contributed by atoms with van der Waals surface area (Å²) in [6.45, 7) is 4.01. The molecule has 0 saturated heterocycles. The molecule has 1 aliphatic heterocycles. The van der Waals surface area contributed by atoms with E-state index in [0.717, 1.165) is 47.3 Å². The van der Waals surface area contributed by atoms with Crippen LogP contribution in [0, 0.1) is 0 Å². The summed E-state index contributed by atoms with van der Waals surface area (Å²) in [5.74, 6) is 1.37. The molecule has 6 nitrogen and oxygen atoms in total. The molecule has 1 aromatic heterocycles. The average molecular weight is 485 g/mol. The van der Waals surface area contributed by atoms with Crippen molar-refractivity contribution in [3.8, 4) is 0 Å². The first-order chi connectivity index (χ1) is 15.9. The van der Waals surface area contributed by atoms with Gasteiger partial charge in [-0.05, 0) is 50.1 Å². The zero-order valence-electron chi connectivity index (χ0n) is 18.9. The molecular formula is C25H28N2O4S2. The van der Waals surface area contributed by atoms with Crippen LogP contribution < -0.4 is 4.90 Å². The second kappa shape index (κ2) is 8.81. The third-order valence-electron chi connectivity index (χ3n) is 6.67. The Bertz CT molecular complexity index is 1260. The second-order valence-electron chi connectivity index (χ2n) is 8.78. The van der Waals surface area contributed by atoms with Crippen LogP contribution in [-0.2, 0) is 14.8 Å². The molecule has 0 bridgehead atoms. The van der Waals surface area contributed by atoms with Crippen molar-refractivity contribution in [1.29, 1.82) is 0 Å². The quantitative estimate of drug-likeness (QED) is 0.472. The molecule has 1 saturated carbocycles. The Hall–Kier alpha value is -2.29. The van der Waals surface area contributed by atoms with Crippen LogP contribution in [0.4, 0.5) is 5.69 Å². The third kappa shape index (κ3) is 4.09. The highest BCUT2D eigenvalue weighted by Crippen LogP contribution is 2.41. The van der Waals surface area contributed by atoms with Gasteiger partial charge in [0.2, 0.25) is 15.9 Å². The Kier molecular flexibility index (Phi) is 6.01. The van der Waals surface area contributed by atoms with Crippen molar-refractivity contribution in [3.05, 3.63) is 54.3 Å². The van der Waals surface area contributed by atoms with Gasteiger partial charge >= 0.3 is 0 Å². The van der Waals surface area contributed by atoms with Crippen molar-refractivity contribution in [2.45, 2.75) is 61.4 Å². The fourth-order valence-electron chi connectivity index (χ4n) is 5.02. The van der Waals surface area contributed by atoms with E-state index in [4.69, 9.17) is 4.42 Å². The van der Waals surface area contributed by atoms with Crippen molar-refractivity contribution in [3.63, 3.8) is 0 Å². The number of carbonyl (C=O) groups excluding carboxylic acids is 1. The molecule has 2 aromatic carbocycles. The number of rotatable bonds is 5. The zero-order chi connectivity index (χ0) is 23.2. The Labute approximate surface area is 199 Å². The van der Waals surface area contributed by atoms with E-state index >= 15 is 0 Å². The summed E-state index contributed by atoms with van der Waals surface area (Å²) in [5.41, 5.74) is 1.44. The van der Waals surface area contributed by atoms with Gasteiger partial charge in [-0.2, -0.15) is 4.31 Å². The van der Waals surface area contributed by atoms with Crippen LogP contribution >= 0.6 is 11.8 Å². The monoisotopic (exact) mass is 484 g/mol. The number of sulfonamides is 1. The van der Waals surface area contributed by atoms with Gasteiger partial charge in [0.1, 0.15) is 11.3 Å². The molecule has 2 aliphatic rings. The van der Waals surface area contributed by atoms with E-state index in [1.807, 2.05) is 43.3 Å². The minimum absolute atomic E-state index is 0.0746. The predicted octanol–water partition coefficient (Wildman–Crippen LogP) is 5.59.